The number of hydrogen-bond acceptors (Lipinski definition) is 3. The zero-order valence-electron chi connectivity index (χ0n) is 10.0. The Kier molecular flexibility index (Phi) is 4.28. The molecule has 1 N–H and O–H groups in total. The Morgan fingerprint density at radius 2 is 2.13 bits per heavy atom. The fourth-order valence-electron chi connectivity index (χ4n) is 1.62. The van der Waals surface area contributed by atoms with Crippen LogP contribution >= 0.6 is 0 Å². The fourth-order valence-corrected chi connectivity index (χ4v) is 1.62. The van der Waals surface area contributed by atoms with Crippen molar-refractivity contribution in [3.05, 3.63) is 18.2 Å². The third-order valence-electron chi connectivity index (χ3n) is 2.44. The standard InChI is InChI=1S/C12H20N2O/c1-5-8-14(3)12-9-10(15-4)6-7-11(12)13-2/h6-7,9,13H,5,8H2,1-4H3. The average molecular weight is 208 g/mol. The van der Waals surface area contributed by atoms with Crippen molar-refractivity contribution in [2.24, 2.45) is 0 Å². The van der Waals surface area contributed by atoms with Crippen LogP contribution in [0.2, 0.25) is 0 Å². The highest BCUT2D eigenvalue weighted by atomic mass is 16.5. The summed E-state index contributed by atoms with van der Waals surface area (Å²) in [7, 11) is 5.72. The molecular formula is C12H20N2O. The maximum absolute atomic E-state index is 5.23. The molecule has 0 heterocycles. The lowest BCUT2D eigenvalue weighted by atomic mass is 10.2. The zero-order valence-corrected chi connectivity index (χ0v) is 10.0. The molecule has 0 fully saturated rings. The SMILES string of the molecule is CCCN(C)c1cc(OC)ccc1NC. The van der Waals surface area contributed by atoms with E-state index in [2.05, 4.69) is 30.3 Å². The second-order valence-electron chi connectivity index (χ2n) is 3.55. The van der Waals surface area contributed by atoms with Gasteiger partial charge in [0.1, 0.15) is 5.75 Å². The van der Waals surface area contributed by atoms with Gasteiger partial charge in [0.05, 0.1) is 18.5 Å². The van der Waals surface area contributed by atoms with Crippen molar-refractivity contribution < 1.29 is 4.74 Å². The van der Waals surface area contributed by atoms with Crippen LogP contribution in [0.25, 0.3) is 0 Å². The van der Waals surface area contributed by atoms with Gasteiger partial charge < -0.3 is 15.0 Å². The normalized spacial score (nSPS) is 9.87. The molecule has 1 aromatic carbocycles. The quantitative estimate of drug-likeness (QED) is 0.805. The third kappa shape index (κ3) is 2.78. The number of benzene rings is 1. The minimum absolute atomic E-state index is 0.895. The van der Waals surface area contributed by atoms with Gasteiger partial charge in [-0.25, -0.2) is 0 Å². The first-order valence-electron chi connectivity index (χ1n) is 5.29. The third-order valence-corrected chi connectivity index (χ3v) is 2.44. The number of nitrogens with one attached hydrogen (secondary N) is 1. The van der Waals surface area contributed by atoms with E-state index in [9.17, 15) is 0 Å². The highest BCUT2D eigenvalue weighted by Crippen LogP contribution is 2.29. The lowest BCUT2D eigenvalue weighted by molar-refractivity contribution is 0.415. The smallest absolute Gasteiger partial charge is 0.121 e. The van der Waals surface area contributed by atoms with Crippen molar-refractivity contribution in [2.75, 3.05) is 38.0 Å². The van der Waals surface area contributed by atoms with Crippen molar-refractivity contribution in [2.45, 2.75) is 13.3 Å². The molecule has 84 valence electrons. The molecule has 0 unspecified atom stereocenters. The van der Waals surface area contributed by atoms with Crippen LogP contribution in [0.3, 0.4) is 0 Å². The molecule has 3 heteroatoms. The van der Waals surface area contributed by atoms with E-state index in [-0.39, 0.29) is 0 Å². The average Bonchev–Trinajstić information content (AvgIpc) is 2.28. The van der Waals surface area contributed by atoms with E-state index in [0.29, 0.717) is 0 Å². The predicted octanol–water partition coefficient (Wildman–Crippen LogP) is 2.58. The molecule has 0 aliphatic carbocycles. The van der Waals surface area contributed by atoms with Crippen molar-refractivity contribution >= 4 is 11.4 Å². The summed E-state index contributed by atoms with van der Waals surface area (Å²) in [5.41, 5.74) is 2.31. The molecule has 0 radical (unpaired) electrons. The van der Waals surface area contributed by atoms with Gasteiger partial charge in [-0.15, -0.1) is 0 Å². The van der Waals surface area contributed by atoms with E-state index in [0.717, 1.165) is 24.4 Å². The second kappa shape index (κ2) is 5.49. The van der Waals surface area contributed by atoms with Crippen molar-refractivity contribution in [3.63, 3.8) is 0 Å². The molecule has 0 aromatic heterocycles. The van der Waals surface area contributed by atoms with Crippen LogP contribution in [-0.4, -0.2) is 27.7 Å². The number of anilines is 2. The van der Waals surface area contributed by atoms with E-state index in [1.54, 1.807) is 7.11 Å². The van der Waals surface area contributed by atoms with Gasteiger partial charge in [0.2, 0.25) is 0 Å². The molecule has 0 spiro atoms. The van der Waals surface area contributed by atoms with Gasteiger partial charge in [-0.3, -0.25) is 0 Å². The Balaban J connectivity index is 3.00. The molecule has 0 saturated heterocycles. The van der Waals surface area contributed by atoms with Crippen molar-refractivity contribution in [3.8, 4) is 5.75 Å². The van der Waals surface area contributed by atoms with Gasteiger partial charge in [-0.1, -0.05) is 6.92 Å². The second-order valence-corrected chi connectivity index (χ2v) is 3.55. The van der Waals surface area contributed by atoms with E-state index in [4.69, 9.17) is 4.74 Å². The fraction of sp³-hybridized carbons (Fsp3) is 0.500. The Hall–Kier alpha value is -1.38. The van der Waals surface area contributed by atoms with Gasteiger partial charge in [-0.2, -0.15) is 0 Å². The summed E-state index contributed by atoms with van der Waals surface area (Å²) in [5.74, 6) is 0.895. The summed E-state index contributed by atoms with van der Waals surface area (Å²) in [6.45, 7) is 3.22. The number of rotatable bonds is 5. The topological polar surface area (TPSA) is 24.5 Å². The molecule has 0 amide bonds. The molecule has 1 rings (SSSR count). The molecule has 0 aliphatic heterocycles. The first-order chi connectivity index (χ1) is 7.22. The Bertz CT molecular complexity index is 312. The first-order valence-corrected chi connectivity index (χ1v) is 5.29. The molecule has 15 heavy (non-hydrogen) atoms. The van der Waals surface area contributed by atoms with Crippen molar-refractivity contribution in [1.29, 1.82) is 0 Å². The van der Waals surface area contributed by atoms with E-state index in [1.165, 1.54) is 5.69 Å². The lowest BCUT2D eigenvalue weighted by Gasteiger charge is -2.22. The minimum atomic E-state index is 0.895. The molecule has 1 aromatic rings. The van der Waals surface area contributed by atoms with Crippen LogP contribution < -0.4 is 15.0 Å². The maximum atomic E-state index is 5.23. The molecular weight excluding hydrogens is 188 g/mol. The van der Waals surface area contributed by atoms with Gasteiger partial charge in [0.25, 0.3) is 0 Å². The molecule has 0 bridgehead atoms. The van der Waals surface area contributed by atoms with Crippen LogP contribution in [0, 0.1) is 0 Å². The highest BCUT2D eigenvalue weighted by Gasteiger charge is 2.07. The summed E-state index contributed by atoms with van der Waals surface area (Å²) < 4.78 is 5.23. The van der Waals surface area contributed by atoms with Gasteiger partial charge in [-0.05, 0) is 18.6 Å². The van der Waals surface area contributed by atoms with Crippen LogP contribution in [0.4, 0.5) is 11.4 Å². The minimum Gasteiger partial charge on any atom is -0.497 e. The number of methoxy groups -OCH3 is 1. The first kappa shape index (κ1) is 11.7. The van der Waals surface area contributed by atoms with Gasteiger partial charge in [0, 0.05) is 26.7 Å². The summed E-state index contributed by atoms with van der Waals surface area (Å²) in [4.78, 5) is 2.23. The zero-order chi connectivity index (χ0) is 11.3. The van der Waals surface area contributed by atoms with Gasteiger partial charge in [0.15, 0.2) is 0 Å². The maximum Gasteiger partial charge on any atom is 0.121 e. The molecule has 0 saturated carbocycles. The monoisotopic (exact) mass is 208 g/mol. The lowest BCUT2D eigenvalue weighted by Crippen LogP contribution is -2.19. The van der Waals surface area contributed by atoms with Gasteiger partial charge >= 0.3 is 0 Å². The van der Waals surface area contributed by atoms with Crippen molar-refractivity contribution in [1.82, 2.24) is 0 Å². The number of ether oxygens (including phenoxy) is 1. The van der Waals surface area contributed by atoms with E-state index >= 15 is 0 Å². The van der Waals surface area contributed by atoms with Crippen LogP contribution in [0.1, 0.15) is 13.3 Å². The Morgan fingerprint density at radius 3 is 2.67 bits per heavy atom. The van der Waals surface area contributed by atoms with E-state index < -0.39 is 0 Å². The predicted molar refractivity (Wildman–Crippen MR) is 66.1 cm³/mol. The number of hydrogen-bond donors (Lipinski definition) is 1. The Morgan fingerprint density at radius 1 is 1.40 bits per heavy atom. The van der Waals surface area contributed by atoms with Crippen LogP contribution in [0.5, 0.6) is 5.75 Å². The molecule has 0 aliphatic rings. The molecule has 3 nitrogen and oxygen atoms in total. The van der Waals surface area contributed by atoms with E-state index in [1.807, 2.05) is 19.2 Å². The Labute approximate surface area is 92.0 Å². The summed E-state index contributed by atoms with van der Waals surface area (Å²) in [6, 6.07) is 6.07. The summed E-state index contributed by atoms with van der Waals surface area (Å²) in [5, 5.41) is 3.19. The van der Waals surface area contributed by atoms with Crippen LogP contribution in [-0.2, 0) is 0 Å². The summed E-state index contributed by atoms with van der Waals surface area (Å²) in [6.07, 6.45) is 1.14. The van der Waals surface area contributed by atoms with Crippen LogP contribution in [0.15, 0.2) is 18.2 Å². The summed E-state index contributed by atoms with van der Waals surface area (Å²) >= 11 is 0. The highest BCUT2D eigenvalue weighted by molar-refractivity contribution is 5.71. The number of nitrogens with zero attached hydrogens (tertiary/aromatic N) is 1. The molecule has 0 atom stereocenters. The largest absolute Gasteiger partial charge is 0.497 e.